The highest BCUT2D eigenvalue weighted by Crippen LogP contribution is 2.20. The lowest BCUT2D eigenvalue weighted by Gasteiger charge is -2.06. The highest BCUT2D eigenvalue weighted by Gasteiger charge is 2.04. The van der Waals surface area contributed by atoms with Crippen molar-refractivity contribution in [1.82, 2.24) is 0 Å². The predicted molar refractivity (Wildman–Crippen MR) is 313 cm³/mol. The van der Waals surface area contributed by atoms with Gasteiger partial charge in [0, 0.05) is 6.42 Å². The minimum Gasteiger partial charge on any atom is -0.466 e. The number of ether oxygens (including phenoxy) is 1. The van der Waals surface area contributed by atoms with Crippen LogP contribution in [0.1, 0.15) is 418 Å². The molecule has 0 spiro atoms. The Morgan fingerprint density at radius 1 is 0.188 bits per heavy atom. The van der Waals surface area contributed by atoms with Gasteiger partial charge in [-0.05, 0) is 12.8 Å². The van der Waals surface area contributed by atoms with Crippen LogP contribution in [0, 0.1) is 0 Å². The van der Waals surface area contributed by atoms with Crippen molar-refractivity contribution >= 4 is 5.97 Å². The standard InChI is InChI=1S/C67H134O2/c1-3-5-7-9-11-13-15-17-19-21-23-25-27-29-31-32-33-34-35-36-37-38-39-41-43-45-47-49-51-53-55-57-59-61-63-65-67(68)69-66-64-62-60-58-56-54-52-50-48-46-44-42-40-30-28-26-24-22-20-18-16-14-12-10-8-6-4-2/h3-66H2,1-2H3. The van der Waals surface area contributed by atoms with Crippen molar-refractivity contribution < 1.29 is 9.53 Å². The molecule has 0 atom stereocenters. The molecule has 0 aliphatic heterocycles. The Kier molecular flexibility index (Phi) is 65.0. The Balaban J connectivity index is 3.14. The maximum absolute atomic E-state index is 12.1. The van der Waals surface area contributed by atoms with E-state index in [0.29, 0.717) is 13.0 Å². The Morgan fingerprint density at radius 3 is 0.478 bits per heavy atom. The van der Waals surface area contributed by atoms with E-state index in [0.717, 1.165) is 12.8 Å². The molecule has 0 radical (unpaired) electrons. The molecule has 0 bridgehead atoms. The van der Waals surface area contributed by atoms with Crippen molar-refractivity contribution in [3.63, 3.8) is 0 Å². The number of hydrogen-bond donors (Lipinski definition) is 0. The summed E-state index contributed by atoms with van der Waals surface area (Å²) in [5.41, 5.74) is 0. The highest BCUT2D eigenvalue weighted by molar-refractivity contribution is 5.69. The maximum atomic E-state index is 12.1. The third-order valence-electron chi connectivity index (χ3n) is 16.0. The normalized spacial score (nSPS) is 11.6. The number of hydrogen-bond acceptors (Lipinski definition) is 2. The van der Waals surface area contributed by atoms with E-state index in [4.69, 9.17) is 4.74 Å². The minimum absolute atomic E-state index is 0.0378. The monoisotopic (exact) mass is 971 g/mol. The van der Waals surface area contributed by atoms with Gasteiger partial charge in [-0.25, -0.2) is 0 Å². The summed E-state index contributed by atoms with van der Waals surface area (Å²) in [6, 6.07) is 0. The topological polar surface area (TPSA) is 26.3 Å². The van der Waals surface area contributed by atoms with Gasteiger partial charge < -0.3 is 4.74 Å². The molecule has 2 nitrogen and oxygen atoms in total. The van der Waals surface area contributed by atoms with Crippen LogP contribution in [0.25, 0.3) is 0 Å². The summed E-state index contributed by atoms with van der Waals surface area (Å²) in [5.74, 6) is 0.0378. The molecule has 0 aliphatic rings. The van der Waals surface area contributed by atoms with Crippen LogP contribution in [0.3, 0.4) is 0 Å². The van der Waals surface area contributed by atoms with Crippen molar-refractivity contribution in [2.75, 3.05) is 6.61 Å². The number of rotatable bonds is 64. The molecule has 0 amide bonds. The number of esters is 1. The lowest BCUT2D eigenvalue weighted by Crippen LogP contribution is -2.05. The molecule has 2 heteroatoms. The number of unbranched alkanes of at least 4 members (excludes halogenated alkanes) is 60. The van der Waals surface area contributed by atoms with Crippen LogP contribution in [0.2, 0.25) is 0 Å². The molecule has 0 aromatic heterocycles. The Morgan fingerprint density at radius 2 is 0.319 bits per heavy atom. The van der Waals surface area contributed by atoms with E-state index >= 15 is 0 Å². The smallest absolute Gasteiger partial charge is 0.305 e. The first-order chi connectivity index (χ1) is 34.3. The van der Waals surface area contributed by atoms with Gasteiger partial charge in [0.25, 0.3) is 0 Å². The third kappa shape index (κ3) is 65.5. The average Bonchev–Trinajstić information content (AvgIpc) is 3.36. The largest absolute Gasteiger partial charge is 0.466 e. The van der Waals surface area contributed by atoms with Gasteiger partial charge in [0.05, 0.1) is 6.61 Å². The molecular formula is C67H134O2. The van der Waals surface area contributed by atoms with Crippen molar-refractivity contribution in [2.24, 2.45) is 0 Å². The molecular weight excluding hydrogens is 837 g/mol. The van der Waals surface area contributed by atoms with E-state index in [-0.39, 0.29) is 5.97 Å². The van der Waals surface area contributed by atoms with Crippen LogP contribution in [0.4, 0.5) is 0 Å². The zero-order chi connectivity index (χ0) is 49.5. The van der Waals surface area contributed by atoms with Crippen LogP contribution in [0.5, 0.6) is 0 Å². The molecule has 414 valence electrons. The van der Waals surface area contributed by atoms with Crippen LogP contribution in [0.15, 0.2) is 0 Å². The van der Waals surface area contributed by atoms with Gasteiger partial charge in [-0.15, -0.1) is 0 Å². The highest BCUT2D eigenvalue weighted by atomic mass is 16.5. The second-order valence-electron chi connectivity index (χ2n) is 23.2. The first kappa shape index (κ1) is 68.5. The quantitative estimate of drug-likeness (QED) is 0.0448. The Bertz CT molecular complexity index is 882. The zero-order valence-corrected chi connectivity index (χ0v) is 48.6. The predicted octanol–water partition coefficient (Wildman–Crippen LogP) is 25.1. The summed E-state index contributed by atoms with van der Waals surface area (Å²) < 4.78 is 5.53. The molecule has 0 rings (SSSR count). The molecule has 0 saturated carbocycles. The summed E-state index contributed by atoms with van der Waals surface area (Å²) in [6.45, 7) is 5.25. The molecule has 0 saturated heterocycles. The first-order valence-electron chi connectivity index (χ1n) is 33.5. The van der Waals surface area contributed by atoms with E-state index in [9.17, 15) is 4.79 Å². The summed E-state index contributed by atoms with van der Waals surface area (Å²) in [5, 5.41) is 0. The summed E-state index contributed by atoms with van der Waals surface area (Å²) in [6.07, 6.45) is 89.2. The van der Waals surface area contributed by atoms with Gasteiger partial charge in [-0.3, -0.25) is 4.79 Å². The second-order valence-corrected chi connectivity index (χ2v) is 23.2. The van der Waals surface area contributed by atoms with Crippen molar-refractivity contribution in [1.29, 1.82) is 0 Å². The van der Waals surface area contributed by atoms with Gasteiger partial charge in [0.2, 0.25) is 0 Å². The lowest BCUT2D eigenvalue weighted by atomic mass is 10.0. The van der Waals surface area contributed by atoms with Crippen LogP contribution < -0.4 is 0 Å². The van der Waals surface area contributed by atoms with Gasteiger partial charge in [0.1, 0.15) is 0 Å². The maximum Gasteiger partial charge on any atom is 0.305 e. The van der Waals surface area contributed by atoms with E-state index in [2.05, 4.69) is 13.8 Å². The molecule has 0 aromatic rings. The summed E-state index contributed by atoms with van der Waals surface area (Å²) >= 11 is 0. The van der Waals surface area contributed by atoms with E-state index in [1.165, 1.54) is 385 Å². The van der Waals surface area contributed by atoms with E-state index in [1.54, 1.807) is 0 Å². The Hall–Kier alpha value is -0.530. The van der Waals surface area contributed by atoms with Gasteiger partial charge in [-0.2, -0.15) is 0 Å². The lowest BCUT2D eigenvalue weighted by molar-refractivity contribution is -0.143. The number of carbonyl (C=O) groups excluding carboxylic acids is 1. The van der Waals surface area contributed by atoms with Crippen molar-refractivity contribution in [2.45, 2.75) is 418 Å². The SMILES string of the molecule is CCCCCCCCCCCCCCCCCCCCCCCCCCCCCCCCCCCCCC(=O)OCCCCCCCCCCCCCCCCCCCCCCCCCCCCC. The second kappa shape index (κ2) is 65.5. The van der Waals surface area contributed by atoms with Crippen LogP contribution in [-0.4, -0.2) is 12.6 Å². The molecule has 69 heavy (non-hydrogen) atoms. The molecule has 0 fully saturated rings. The van der Waals surface area contributed by atoms with Gasteiger partial charge in [0.15, 0.2) is 0 Å². The fraction of sp³-hybridized carbons (Fsp3) is 0.985. The molecule has 0 aromatic carbocycles. The molecule has 0 unspecified atom stereocenters. The summed E-state index contributed by atoms with van der Waals surface area (Å²) in [4.78, 5) is 12.1. The average molecular weight is 972 g/mol. The van der Waals surface area contributed by atoms with E-state index in [1.807, 2.05) is 0 Å². The fourth-order valence-corrected chi connectivity index (χ4v) is 11.0. The van der Waals surface area contributed by atoms with Gasteiger partial charge >= 0.3 is 5.97 Å². The molecule has 0 N–H and O–H groups in total. The van der Waals surface area contributed by atoms with Crippen molar-refractivity contribution in [3.8, 4) is 0 Å². The van der Waals surface area contributed by atoms with E-state index < -0.39 is 0 Å². The fourth-order valence-electron chi connectivity index (χ4n) is 11.0. The van der Waals surface area contributed by atoms with Crippen molar-refractivity contribution in [3.05, 3.63) is 0 Å². The minimum atomic E-state index is 0.0378. The molecule has 0 aliphatic carbocycles. The number of carbonyl (C=O) groups is 1. The molecule has 0 heterocycles. The van der Waals surface area contributed by atoms with Crippen LogP contribution in [-0.2, 0) is 9.53 Å². The third-order valence-corrected chi connectivity index (χ3v) is 16.0. The first-order valence-corrected chi connectivity index (χ1v) is 33.5. The van der Waals surface area contributed by atoms with Gasteiger partial charge in [-0.1, -0.05) is 399 Å². The van der Waals surface area contributed by atoms with Crippen LogP contribution >= 0.6 is 0 Å². The summed E-state index contributed by atoms with van der Waals surface area (Å²) in [7, 11) is 0. The zero-order valence-electron chi connectivity index (χ0n) is 48.6. The Labute approximate surface area is 438 Å².